The second-order valence-electron chi connectivity index (χ2n) is 10.6. The third-order valence-corrected chi connectivity index (χ3v) is 8.69. The van der Waals surface area contributed by atoms with Gasteiger partial charge in [0, 0.05) is 54.8 Å². The highest BCUT2D eigenvalue weighted by atomic mass is 32.2. The standard InChI is InChI=1S/C31H38N4O4S/c1-4-5-6-7-12-27-26-14-13-23(30(36)32-40(38)33(2)3)20-28(26)35-21-24(31(37)34-15-17-39-18-16-34)19-22-10-8-9-11-25(22)29(27)35/h8-11,13-14,19-20H,4-7,12,15-18,21H2,1-3H3,(H,32,36). The fourth-order valence-electron chi connectivity index (χ4n) is 5.59. The summed E-state index contributed by atoms with van der Waals surface area (Å²) in [5.41, 5.74) is 6.52. The number of benzene rings is 2. The first-order chi connectivity index (χ1) is 19.4. The molecule has 2 aliphatic rings. The van der Waals surface area contributed by atoms with Crippen molar-refractivity contribution in [2.75, 3.05) is 40.4 Å². The van der Waals surface area contributed by atoms with Gasteiger partial charge in [-0.1, -0.05) is 56.5 Å². The minimum absolute atomic E-state index is 0.0209. The molecule has 0 spiro atoms. The number of hydrogen-bond acceptors (Lipinski definition) is 4. The molecule has 1 aromatic heterocycles. The van der Waals surface area contributed by atoms with Crippen molar-refractivity contribution in [3.63, 3.8) is 0 Å². The summed E-state index contributed by atoms with van der Waals surface area (Å²) in [5, 5.41) is 1.09. The normalized spacial score (nSPS) is 15.8. The summed E-state index contributed by atoms with van der Waals surface area (Å²) >= 11 is -1.63. The Morgan fingerprint density at radius 1 is 1.05 bits per heavy atom. The van der Waals surface area contributed by atoms with Crippen molar-refractivity contribution >= 4 is 40.0 Å². The van der Waals surface area contributed by atoms with Crippen LogP contribution in [-0.2, 0) is 33.7 Å². The van der Waals surface area contributed by atoms with Gasteiger partial charge in [-0.05, 0) is 42.2 Å². The fraction of sp³-hybridized carbons (Fsp3) is 0.419. The molecule has 2 aliphatic heterocycles. The predicted octanol–water partition coefficient (Wildman–Crippen LogP) is 4.56. The molecule has 1 saturated heterocycles. The van der Waals surface area contributed by atoms with E-state index in [1.807, 2.05) is 41.3 Å². The second kappa shape index (κ2) is 12.5. The summed E-state index contributed by atoms with van der Waals surface area (Å²) in [6.45, 7) is 4.86. The Kier molecular flexibility index (Phi) is 8.83. The van der Waals surface area contributed by atoms with Crippen LogP contribution in [-0.4, -0.2) is 70.2 Å². The number of unbranched alkanes of at least 4 members (excludes halogenated alkanes) is 3. The van der Waals surface area contributed by atoms with E-state index in [0.717, 1.165) is 47.0 Å². The maximum absolute atomic E-state index is 13.8. The lowest BCUT2D eigenvalue weighted by Gasteiger charge is -2.28. The van der Waals surface area contributed by atoms with Crippen molar-refractivity contribution in [3.8, 4) is 11.3 Å². The van der Waals surface area contributed by atoms with Gasteiger partial charge >= 0.3 is 0 Å². The van der Waals surface area contributed by atoms with Gasteiger partial charge in [0.05, 0.1) is 25.5 Å². The van der Waals surface area contributed by atoms with E-state index in [9.17, 15) is 13.8 Å². The number of rotatable bonds is 9. The van der Waals surface area contributed by atoms with Crippen LogP contribution in [0.15, 0.2) is 48.0 Å². The second-order valence-corrected chi connectivity index (χ2v) is 12.0. The van der Waals surface area contributed by atoms with Gasteiger partial charge in [0.15, 0.2) is 11.2 Å². The predicted molar refractivity (Wildman–Crippen MR) is 160 cm³/mol. The van der Waals surface area contributed by atoms with Crippen LogP contribution in [0, 0.1) is 0 Å². The topological polar surface area (TPSA) is 83.9 Å². The minimum atomic E-state index is -1.63. The van der Waals surface area contributed by atoms with Crippen LogP contribution in [0.5, 0.6) is 0 Å². The number of nitrogens with one attached hydrogen (secondary N) is 1. The summed E-state index contributed by atoms with van der Waals surface area (Å²) in [6, 6.07) is 13.9. The Labute approximate surface area is 238 Å². The van der Waals surface area contributed by atoms with Gasteiger partial charge in [-0.3, -0.25) is 14.3 Å². The van der Waals surface area contributed by atoms with Gasteiger partial charge in [0.1, 0.15) is 0 Å². The van der Waals surface area contributed by atoms with E-state index >= 15 is 0 Å². The summed E-state index contributed by atoms with van der Waals surface area (Å²) < 4.78 is 24.0. The third kappa shape index (κ3) is 5.77. The van der Waals surface area contributed by atoms with Gasteiger partial charge < -0.3 is 14.2 Å². The van der Waals surface area contributed by atoms with Gasteiger partial charge in [-0.15, -0.1) is 0 Å². The first kappa shape index (κ1) is 28.3. The molecule has 0 saturated carbocycles. The molecule has 2 amide bonds. The molecule has 5 rings (SSSR count). The SMILES string of the molecule is CCCCCCc1c2n(c3cc(C(=O)NS(=O)N(C)C)ccc13)CC(C(=O)N1CCOCC1)=Cc1ccccc1-2. The molecule has 0 bridgehead atoms. The minimum Gasteiger partial charge on any atom is -0.378 e. The average molecular weight is 563 g/mol. The van der Waals surface area contributed by atoms with Crippen molar-refractivity contribution in [1.82, 2.24) is 18.5 Å². The molecule has 1 fully saturated rings. The lowest BCUT2D eigenvalue weighted by molar-refractivity contribution is -0.131. The van der Waals surface area contributed by atoms with E-state index < -0.39 is 17.1 Å². The summed E-state index contributed by atoms with van der Waals surface area (Å²) in [7, 11) is 3.29. The zero-order chi connectivity index (χ0) is 28.2. The van der Waals surface area contributed by atoms with E-state index in [-0.39, 0.29) is 5.91 Å². The lowest BCUT2D eigenvalue weighted by Crippen LogP contribution is -2.41. The van der Waals surface area contributed by atoms with E-state index in [0.29, 0.717) is 44.0 Å². The van der Waals surface area contributed by atoms with Crippen LogP contribution in [0.1, 0.15) is 54.1 Å². The van der Waals surface area contributed by atoms with Crippen LogP contribution < -0.4 is 4.72 Å². The number of morpholine rings is 1. The summed E-state index contributed by atoms with van der Waals surface area (Å²) in [4.78, 5) is 28.7. The quantitative estimate of drug-likeness (QED) is 0.388. The maximum atomic E-state index is 13.8. The van der Waals surface area contributed by atoms with Crippen molar-refractivity contribution in [2.24, 2.45) is 0 Å². The van der Waals surface area contributed by atoms with Gasteiger partial charge in [-0.25, -0.2) is 8.51 Å². The molecule has 0 radical (unpaired) electrons. The number of aromatic nitrogens is 1. The molecular weight excluding hydrogens is 524 g/mol. The van der Waals surface area contributed by atoms with Crippen molar-refractivity contribution in [1.29, 1.82) is 0 Å². The van der Waals surface area contributed by atoms with E-state index in [2.05, 4.69) is 28.3 Å². The number of nitrogens with zero attached hydrogens (tertiary/aromatic N) is 3. The number of amides is 2. The Morgan fingerprint density at radius 3 is 2.58 bits per heavy atom. The van der Waals surface area contributed by atoms with E-state index in [1.54, 1.807) is 14.1 Å². The monoisotopic (exact) mass is 562 g/mol. The zero-order valence-electron chi connectivity index (χ0n) is 23.6. The number of carbonyl (C=O) groups excluding carboxylic acids is 2. The van der Waals surface area contributed by atoms with Crippen LogP contribution in [0.4, 0.5) is 0 Å². The Hall–Kier alpha value is -3.27. The third-order valence-electron chi connectivity index (χ3n) is 7.67. The maximum Gasteiger partial charge on any atom is 0.264 e. The molecule has 212 valence electrons. The molecule has 3 heterocycles. The number of hydrogen-bond donors (Lipinski definition) is 1. The highest BCUT2D eigenvalue weighted by Gasteiger charge is 2.28. The molecule has 0 aliphatic carbocycles. The van der Waals surface area contributed by atoms with Gasteiger partial charge in [-0.2, -0.15) is 0 Å². The number of aryl methyl sites for hydroxylation is 1. The smallest absolute Gasteiger partial charge is 0.264 e. The highest BCUT2D eigenvalue weighted by molar-refractivity contribution is 7.81. The van der Waals surface area contributed by atoms with Crippen LogP contribution in [0.3, 0.4) is 0 Å². The molecule has 2 aromatic carbocycles. The average Bonchev–Trinajstić information content (AvgIpc) is 3.15. The Morgan fingerprint density at radius 2 is 1.82 bits per heavy atom. The largest absolute Gasteiger partial charge is 0.378 e. The Balaban J connectivity index is 1.64. The molecular formula is C31H38N4O4S. The zero-order valence-corrected chi connectivity index (χ0v) is 24.4. The molecule has 8 nitrogen and oxygen atoms in total. The van der Waals surface area contributed by atoms with Crippen molar-refractivity contribution < 1.29 is 18.5 Å². The molecule has 9 heteroatoms. The van der Waals surface area contributed by atoms with Gasteiger partial charge in [0.25, 0.3) is 11.8 Å². The van der Waals surface area contributed by atoms with Crippen LogP contribution in [0.2, 0.25) is 0 Å². The highest BCUT2D eigenvalue weighted by Crippen LogP contribution is 2.40. The van der Waals surface area contributed by atoms with E-state index in [1.165, 1.54) is 22.7 Å². The lowest BCUT2D eigenvalue weighted by atomic mass is 9.96. The Bertz CT molecular complexity index is 1470. The van der Waals surface area contributed by atoms with Crippen LogP contribution in [0.25, 0.3) is 28.2 Å². The van der Waals surface area contributed by atoms with Crippen molar-refractivity contribution in [2.45, 2.75) is 45.6 Å². The molecule has 3 aromatic rings. The number of ether oxygens (including phenoxy) is 1. The summed E-state index contributed by atoms with van der Waals surface area (Å²) in [6.07, 6.45) is 7.53. The molecule has 40 heavy (non-hydrogen) atoms. The van der Waals surface area contributed by atoms with Crippen LogP contribution >= 0.6 is 0 Å². The number of carbonyl (C=O) groups is 2. The fourth-order valence-corrected chi connectivity index (χ4v) is 6.05. The van der Waals surface area contributed by atoms with Crippen molar-refractivity contribution in [3.05, 3.63) is 64.7 Å². The number of fused-ring (bicyclic) bond motifs is 5. The first-order valence-electron chi connectivity index (χ1n) is 14.1. The van der Waals surface area contributed by atoms with Gasteiger partial charge in [0.2, 0.25) is 0 Å². The molecule has 1 unspecified atom stereocenters. The molecule has 1 N–H and O–H groups in total. The molecule has 1 atom stereocenters. The first-order valence-corrected chi connectivity index (χ1v) is 15.2. The van der Waals surface area contributed by atoms with E-state index in [4.69, 9.17) is 4.74 Å². The summed E-state index contributed by atoms with van der Waals surface area (Å²) in [5.74, 6) is -0.379.